The molecule has 2 aromatic heterocycles. The Hall–Kier alpha value is -4.90. The molecule has 186 valence electrons. The van der Waals surface area contributed by atoms with E-state index in [2.05, 4.69) is 15.0 Å². The molecule has 0 saturated carbocycles. The van der Waals surface area contributed by atoms with E-state index in [4.69, 9.17) is 4.42 Å². The van der Waals surface area contributed by atoms with Gasteiger partial charge in [-0.3, -0.25) is 18.9 Å². The molecule has 3 aromatic carbocycles. The number of anilines is 2. The third kappa shape index (κ3) is 5.07. The molecule has 0 aliphatic heterocycles. The lowest BCUT2D eigenvalue weighted by Gasteiger charge is -2.10. The van der Waals surface area contributed by atoms with Crippen LogP contribution in [0.4, 0.5) is 11.4 Å². The fourth-order valence-electron chi connectivity index (χ4n) is 3.75. The first-order chi connectivity index (χ1) is 17.8. The summed E-state index contributed by atoms with van der Waals surface area (Å²) in [6.45, 7) is -0.0838. The Morgan fingerprint density at radius 3 is 2.35 bits per heavy atom. The van der Waals surface area contributed by atoms with Gasteiger partial charge < -0.3 is 14.7 Å². The van der Waals surface area contributed by atoms with E-state index in [9.17, 15) is 22.8 Å². The van der Waals surface area contributed by atoms with Crippen molar-refractivity contribution in [3.63, 3.8) is 0 Å². The SMILES string of the molecule is O=C(Nc1ccc2[nH]c(=O)n(Cc3ccc(S(=O)(=O)Nc4ccccc4)cc3)c(=O)c2c1)c1ccco1. The maximum absolute atomic E-state index is 13.2. The highest BCUT2D eigenvalue weighted by molar-refractivity contribution is 7.92. The Morgan fingerprint density at radius 2 is 1.65 bits per heavy atom. The van der Waals surface area contributed by atoms with Gasteiger partial charge in [0.2, 0.25) is 0 Å². The molecule has 1 amide bonds. The number of nitrogens with one attached hydrogen (secondary N) is 3. The second-order valence-electron chi connectivity index (χ2n) is 8.13. The van der Waals surface area contributed by atoms with Crippen LogP contribution in [0.3, 0.4) is 0 Å². The number of carbonyl (C=O) groups is 1. The standard InChI is InChI=1S/C26H20N4O6S/c31-24(23-7-4-14-36-23)27-19-10-13-22-21(15-19)25(32)30(26(33)28-22)16-17-8-11-20(12-9-17)37(34,35)29-18-5-2-1-3-6-18/h1-15,29H,16H2,(H,27,31)(H,28,33). The van der Waals surface area contributed by atoms with Crippen molar-refractivity contribution >= 4 is 38.2 Å². The van der Waals surface area contributed by atoms with Gasteiger partial charge in [0.15, 0.2) is 5.76 Å². The van der Waals surface area contributed by atoms with Crippen LogP contribution >= 0.6 is 0 Å². The minimum atomic E-state index is -3.81. The van der Waals surface area contributed by atoms with Gasteiger partial charge in [-0.15, -0.1) is 0 Å². The summed E-state index contributed by atoms with van der Waals surface area (Å²) in [5.74, 6) is -0.366. The van der Waals surface area contributed by atoms with E-state index in [1.54, 1.807) is 42.5 Å². The van der Waals surface area contributed by atoms with Crippen molar-refractivity contribution < 1.29 is 17.6 Å². The van der Waals surface area contributed by atoms with Crippen LogP contribution < -0.4 is 21.3 Å². The zero-order valence-corrected chi connectivity index (χ0v) is 20.0. The number of nitrogens with zero attached hydrogens (tertiary/aromatic N) is 1. The fraction of sp³-hybridized carbons (Fsp3) is 0.0385. The quantitative estimate of drug-likeness (QED) is 0.303. The molecule has 0 fully saturated rings. The van der Waals surface area contributed by atoms with Crippen molar-refractivity contribution in [2.75, 3.05) is 10.0 Å². The first-order valence-corrected chi connectivity index (χ1v) is 12.6. The monoisotopic (exact) mass is 516 g/mol. The number of hydrogen-bond acceptors (Lipinski definition) is 6. The second kappa shape index (κ2) is 9.63. The Morgan fingerprint density at radius 1 is 0.892 bits per heavy atom. The Kier molecular flexibility index (Phi) is 6.20. The number of hydrogen-bond donors (Lipinski definition) is 3. The largest absolute Gasteiger partial charge is 0.459 e. The van der Waals surface area contributed by atoms with E-state index in [-0.39, 0.29) is 22.6 Å². The molecule has 10 nitrogen and oxygen atoms in total. The third-order valence-corrected chi connectivity index (χ3v) is 6.98. The molecule has 0 bridgehead atoms. The molecule has 3 N–H and O–H groups in total. The van der Waals surface area contributed by atoms with Crippen molar-refractivity contribution in [3.8, 4) is 0 Å². The summed E-state index contributed by atoms with van der Waals surface area (Å²) < 4.78 is 33.9. The number of furan rings is 1. The lowest BCUT2D eigenvalue weighted by Crippen LogP contribution is -2.35. The van der Waals surface area contributed by atoms with E-state index in [1.165, 1.54) is 48.7 Å². The summed E-state index contributed by atoms with van der Waals surface area (Å²) in [5, 5.41) is 2.85. The molecule has 0 aliphatic rings. The number of H-pyrrole nitrogens is 1. The molecule has 5 aromatic rings. The summed E-state index contributed by atoms with van der Waals surface area (Å²) in [7, 11) is -3.81. The number of rotatable bonds is 7. The van der Waals surface area contributed by atoms with Crippen molar-refractivity contribution in [2.24, 2.45) is 0 Å². The van der Waals surface area contributed by atoms with Gasteiger partial charge in [0.25, 0.3) is 21.5 Å². The predicted molar refractivity (Wildman–Crippen MR) is 138 cm³/mol. The first kappa shape index (κ1) is 23.8. The van der Waals surface area contributed by atoms with Crippen LogP contribution in [-0.2, 0) is 16.6 Å². The molecular formula is C26H20N4O6S. The number of aromatic amines is 1. The highest BCUT2D eigenvalue weighted by atomic mass is 32.2. The Labute approximate surface area is 210 Å². The van der Waals surface area contributed by atoms with Crippen LogP contribution in [0.1, 0.15) is 16.1 Å². The van der Waals surface area contributed by atoms with Crippen LogP contribution in [0.2, 0.25) is 0 Å². The highest BCUT2D eigenvalue weighted by Crippen LogP contribution is 2.18. The van der Waals surface area contributed by atoms with Crippen molar-refractivity contribution in [1.29, 1.82) is 0 Å². The molecule has 37 heavy (non-hydrogen) atoms. The van der Waals surface area contributed by atoms with E-state index >= 15 is 0 Å². The van der Waals surface area contributed by atoms with E-state index in [1.807, 2.05) is 0 Å². The van der Waals surface area contributed by atoms with Crippen LogP contribution in [-0.4, -0.2) is 23.9 Å². The molecule has 0 atom stereocenters. The van der Waals surface area contributed by atoms with E-state index in [0.717, 1.165) is 4.57 Å². The van der Waals surface area contributed by atoms with Crippen LogP contribution in [0.5, 0.6) is 0 Å². The summed E-state index contributed by atoms with van der Waals surface area (Å²) in [4.78, 5) is 40.7. The van der Waals surface area contributed by atoms with Gasteiger partial charge in [-0.05, 0) is 60.2 Å². The Balaban J connectivity index is 1.40. The maximum atomic E-state index is 13.2. The number of benzene rings is 3. The molecule has 5 rings (SSSR count). The van der Waals surface area contributed by atoms with Gasteiger partial charge in [0.05, 0.1) is 28.6 Å². The van der Waals surface area contributed by atoms with Gasteiger partial charge in [-0.2, -0.15) is 0 Å². The van der Waals surface area contributed by atoms with E-state index in [0.29, 0.717) is 22.5 Å². The predicted octanol–water partition coefficient (Wildman–Crippen LogP) is 3.38. The minimum Gasteiger partial charge on any atom is -0.459 e. The third-order valence-electron chi connectivity index (χ3n) is 5.59. The molecule has 0 spiro atoms. The van der Waals surface area contributed by atoms with Crippen molar-refractivity contribution in [1.82, 2.24) is 9.55 Å². The maximum Gasteiger partial charge on any atom is 0.329 e. The normalized spacial score (nSPS) is 11.4. The van der Waals surface area contributed by atoms with Gasteiger partial charge in [0.1, 0.15) is 0 Å². The fourth-order valence-corrected chi connectivity index (χ4v) is 4.81. The van der Waals surface area contributed by atoms with E-state index < -0.39 is 27.2 Å². The van der Waals surface area contributed by atoms with Gasteiger partial charge >= 0.3 is 5.69 Å². The molecule has 0 radical (unpaired) electrons. The lowest BCUT2D eigenvalue weighted by atomic mass is 10.2. The van der Waals surface area contributed by atoms with Crippen molar-refractivity contribution in [2.45, 2.75) is 11.4 Å². The second-order valence-corrected chi connectivity index (χ2v) is 9.81. The molecular weight excluding hydrogens is 496 g/mol. The number of para-hydroxylation sites is 1. The average Bonchev–Trinajstić information content (AvgIpc) is 3.43. The number of amides is 1. The molecule has 2 heterocycles. The molecule has 11 heteroatoms. The van der Waals surface area contributed by atoms with Gasteiger partial charge in [0, 0.05) is 11.4 Å². The summed E-state index contributed by atoms with van der Waals surface area (Å²) in [6.07, 6.45) is 1.38. The Bertz CT molecular complexity index is 1810. The van der Waals surface area contributed by atoms with Crippen LogP contribution in [0.25, 0.3) is 10.9 Å². The smallest absolute Gasteiger partial charge is 0.329 e. The summed E-state index contributed by atoms with van der Waals surface area (Å²) in [6, 6.07) is 22.0. The number of fused-ring (bicyclic) bond motifs is 1. The topological polar surface area (TPSA) is 143 Å². The van der Waals surface area contributed by atoms with Crippen molar-refractivity contribution in [3.05, 3.63) is 123 Å². The summed E-state index contributed by atoms with van der Waals surface area (Å²) in [5.41, 5.74) is 0.469. The van der Waals surface area contributed by atoms with Crippen LogP contribution in [0.15, 0.2) is 110 Å². The molecule has 0 unspecified atom stereocenters. The summed E-state index contributed by atoms with van der Waals surface area (Å²) >= 11 is 0. The first-order valence-electron chi connectivity index (χ1n) is 11.1. The van der Waals surface area contributed by atoms with Gasteiger partial charge in [-0.25, -0.2) is 13.2 Å². The number of carbonyl (C=O) groups excluding carboxylic acids is 1. The lowest BCUT2D eigenvalue weighted by molar-refractivity contribution is 0.0996. The highest BCUT2D eigenvalue weighted by Gasteiger charge is 2.15. The number of aromatic nitrogens is 2. The molecule has 0 aliphatic carbocycles. The molecule has 0 saturated heterocycles. The zero-order valence-electron chi connectivity index (χ0n) is 19.2. The minimum absolute atomic E-state index is 0.0387. The zero-order chi connectivity index (χ0) is 26.0. The van der Waals surface area contributed by atoms with Crippen LogP contribution in [0, 0.1) is 0 Å². The average molecular weight is 517 g/mol. The van der Waals surface area contributed by atoms with Gasteiger partial charge in [-0.1, -0.05) is 30.3 Å². The number of sulfonamides is 1.